The van der Waals surface area contributed by atoms with Crippen LogP contribution in [0.25, 0.3) is 0 Å². The van der Waals surface area contributed by atoms with Crippen molar-refractivity contribution in [3.63, 3.8) is 0 Å². The summed E-state index contributed by atoms with van der Waals surface area (Å²) in [5.41, 5.74) is -0.504. The number of alkyl carbamates (subject to hydrolysis) is 1. The molecule has 0 aliphatic heterocycles. The SMILES string of the molecule is CC(C)(C)OC(=O)NCC(S)COc1ccc(Cl)cc1. The molecule has 1 aromatic rings. The van der Waals surface area contributed by atoms with Crippen molar-refractivity contribution in [1.82, 2.24) is 5.32 Å². The van der Waals surface area contributed by atoms with Crippen LogP contribution in [0.5, 0.6) is 5.75 Å². The Morgan fingerprint density at radius 3 is 2.50 bits per heavy atom. The minimum atomic E-state index is -0.504. The molecule has 0 bridgehead atoms. The van der Waals surface area contributed by atoms with E-state index >= 15 is 0 Å². The summed E-state index contributed by atoms with van der Waals surface area (Å²) in [6.07, 6.45) is -0.456. The molecule has 0 saturated heterocycles. The molecule has 0 heterocycles. The number of hydrogen-bond acceptors (Lipinski definition) is 4. The maximum atomic E-state index is 11.5. The topological polar surface area (TPSA) is 47.6 Å². The number of carbonyl (C=O) groups is 1. The van der Waals surface area contributed by atoms with Crippen molar-refractivity contribution in [2.45, 2.75) is 31.6 Å². The molecule has 112 valence electrons. The van der Waals surface area contributed by atoms with Crippen LogP contribution in [0.1, 0.15) is 20.8 Å². The molecule has 0 spiro atoms. The number of hydrogen-bond donors (Lipinski definition) is 2. The highest BCUT2D eigenvalue weighted by Gasteiger charge is 2.16. The van der Waals surface area contributed by atoms with E-state index in [0.717, 1.165) is 0 Å². The first kappa shape index (κ1) is 17.0. The monoisotopic (exact) mass is 317 g/mol. The summed E-state index contributed by atoms with van der Waals surface area (Å²) >= 11 is 10.1. The molecule has 20 heavy (non-hydrogen) atoms. The third-order valence-corrected chi connectivity index (χ3v) is 2.72. The Balaban J connectivity index is 2.25. The number of carbonyl (C=O) groups excluding carboxylic acids is 1. The van der Waals surface area contributed by atoms with Gasteiger partial charge in [0, 0.05) is 11.6 Å². The van der Waals surface area contributed by atoms with Crippen LogP contribution < -0.4 is 10.1 Å². The predicted molar refractivity (Wildman–Crippen MR) is 84.0 cm³/mol. The van der Waals surface area contributed by atoms with Gasteiger partial charge in [-0.1, -0.05) is 11.6 Å². The lowest BCUT2D eigenvalue weighted by atomic mass is 10.2. The molecule has 6 heteroatoms. The lowest BCUT2D eigenvalue weighted by molar-refractivity contribution is 0.0526. The van der Waals surface area contributed by atoms with Crippen molar-refractivity contribution in [3.8, 4) is 5.75 Å². The predicted octanol–water partition coefficient (Wildman–Crippen LogP) is 3.54. The first-order valence-electron chi connectivity index (χ1n) is 6.29. The van der Waals surface area contributed by atoms with Gasteiger partial charge in [-0.3, -0.25) is 0 Å². The minimum absolute atomic E-state index is 0.127. The van der Waals surface area contributed by atoms with Crippen LogP contribution in [0.4, 0.5) is 4.79 Å². The molecular formula is C14H20ClNO3S. The largest absolute Gasteiger partial charge is 0.492 e. The molecule has 1 aromatic carbocycles. The van der Waals surface area contributed by atoms with Gasteiger partial charge >= 0.3 is 6.09 Å². The Kier molecular flexibility index (Phi) is 6.49. The van der Waals surface area contributed by atoms with Crippen molar-refractivity contribution in [2.24, 2.45) is 0 Å². The number of halogens is 1. The zero-order chi connectivity index (χ0) is 15.2. The summed E-state index contributed by atoms with van der Waals surface area (Å²) in [6.45, 7) is 6.18. The molecule has 4 nitrogen and oxygen atoms in total. The first-order valence-corrected chi connectivity index (χ1v) is 7.19. The minimum Gasteiger partial charge on any atom is -0.492 e. The Bertz CT molecular complexity index is 431. The fourth-order valence-corrected chi connectivity index (χ4v) is 1.59. The van der Waals surface area contributed by atoms with Crippen molar-refractivity contribution in [1.29, 1.82) is 0 Å². The Labute approximate surface area is 130 Å². The molecule has 0 aromatic heterocycles. The highest BCUT2D eigenvalue weighted by Crippen LogP contribution is 2.16. The zero-order valence-corrected chi connectivity index (χ0v) is 13.5. The molecule has 1 N–H and O–H groups in total. The van der Waals surface area contributed by atoms with Gasteiger partial charge in [-0.25, -0.2) is 4.79 Å². The van der Waals surface area contributed by atoms with Gasteiger partial charge in [0.1, 0.15) is 18.0 Å². The fraction of sp³-hybridized carbons (Fsp3) is 0.500. The van der Waals surface area contributed by atoms with Crippen LogP contribution in [0.3, 0.4) is 0 Å². The van der Waals surface area contributed by atoms with Crippen molar-refractivity contribution in [2.75, 3.05) is 13.2 Å². The fourth-order valence-electron chi connectivity index (χ4n) is 1.30. The van der Waals surface area contributed by atoms with E-state index in [4.69, 9.17) is 21.1 Å². The number of ether oxygens (including phenoxy) is 2. The van der Waals surface area contributed by atoms with Crippen molar-refractivity contribution >= 4 is 30.3 Å². The number of amides is 1. The second-order valence-electron chi connectivity index (χ2n) is 5.30. The normalized spacial score (nSPS) is 12.7. The second kappa shape index (κ2) is 7.64. The van der Waals surface area contributed by atoms with E-state index in [2.05, 4.69) is 17.9 Å². The van der Waals surface area contributed by atoms with Gasteiger partial charge in [-0.05, 0) is 45.0 Å². The van der Waals surface area contributed by atoms with Crippen LogP contribution >= 0.6 is 24.2 Å². The summed E-state index contributed by atoms with van der Waals surface area (Å²) in [5, 5.41) is 3.18. The van der Waals surface area contributed by atoms with Gasteiger partial charge in [-0.2, -0.15) is 12.6 Å². The number of rotatable bonds is 5. The lowest BCUT2D eigenvalue weighted by Gasteiger charge is -2.20. The van der Waals surface area contributed by atoms with Crippen LogP contribution in [0.15, 0.2) is 24.3 Å². The molecule has 0 radical (unpaired) electrons. The maximum absolute atomic E-state index is 11.5. The van der Waals surface area contributed by atoms with Gasteiger partial charge in [0.05, 0.1) is 5.25 Å². The van der Waals surface area contributed by atoms with E-state index in [1.54, 1.807) is 24.3 Å². The van der Waals surface area contributed by atoms with Crippen LogP contribution in [0.2, 0.25) is 5.02 Å². The van der Waals surface area contributed by atoms with Gasteiger partial charge < -0.3 is 14.8 Å². The molecule has 0 saturated carbocycles. The highest BCUT2D eigenvalue weighted by atomic mass is 35.5. The van der Waals surface area contributed by atoms with E-state index in [-0.39, 0.29) is 5.25 Å². The lowest BCUT2D eigenvalue weighted by Crippen LogP contribution is -2.37. The third-order valence-electron chi connectivity index (χ3n) is 2.14. The van der Waals surface area contributed by atoms with Crippen LogP contribution in [-0.2, 0) is 4.74 Å². The molecule has 1 unspecified atom stereocenters. The second-order valence-corrected chi connectivity index (χ2v) is 6.47. The van der Waals surface area contributed by atoms with E-state index < -0.39 is 11.7 Å². The Morgan fingerprint density at radius 2 is 1.95 bits per heavy atom. The summed E-state index contributed by atoms with van der Waals surface area (Å²) < 4.78 is 10.7. The maximum Gasteiger partial charge on any atom is 0.407 e. The number of nitrogens with one attached hydrogen (secondary N) is 1. The molecule has 1 atom stereocenters. The zero-order valence-electron chi connectivity index (χ0n) is 11.9. The highest BCUT2D eigenvalue weighted by molar-refractivity contribution is 7.81. The summed E-state index contributed by atoms with van der Waals surface area (Å²) in [4.78, 5) is 11.5. The van der Waals surface area contributed by atoms with Crippen molar-refractivity contribution in [3.05, 3.63) is 29.3 Å². The molecule has 1 amide bonds. The average molecular weight is 318 g/mol. The van der Waals surface area contributed by atoms with Gasteiger partial charge in [0.2, 0.25) is 0 Å². The quantitative estimate of drug-likeness (QED) is 0.817. The number of thiol groups is 1. The first-order chi connectivity index (χ1) is 9.26. The Morgan fingerprint density at radius 1 is 1.35 bits per heavy atom. The van der Waals surface area contributed by atoms with Gasteiger partial charge in [0.25, 0.3) is 0 Å². The van der Waals surface area contributed by atoms with E-state index in [9.17, 15) is 4.79 Å². The summed E-state index contributed by atoms with van der Waals surface area (Å²) in [7, 11) is 0. The standard InChI is InChI=1S/C14H20ClNO3S/c1-14(2,3)19-13(17)16-8-12(20)9-18-11-6-4-10(15)5-7-11/h4-7,12,20H,8-9H2,1-3H3,(H,16,17). The van der Waals surface area contributed by atoms with Crippen LogP contribution in [0, 0.1) is 0 Å². The van der Waals surface area contributed by atoms with Gasteiger partial charge in [0.15, 0.2) is 0 Å². The molecule has 1 rings (SSSR count). The van der Waals surface area contributed by atoms with Crippen molar-refractivity contribution < 1.29 is 14.3 Å². The summed E-state index contributed by atoms with van der Waals surface area (Å²) in [5.74, 6) is 0.714. The van der Waals surface area contributed by atoms with E-state index in [0.29, 0.717) is 23.9 Å². The molecule has 0 fully saturated rings. The molecule has 0 aliphatic rings. The third kappa shape index (κ3) is 7.50. The van der Waals surface area contributed by atoms with Gasteiger partial charge in [-0.15, -0.1) is 0 Å². The molecular weight excluding hydrogens is 298 g/mol. The summed E-state index contributed by atoms with van der Waals surface area (Å²) in [6, 6.07) is 7.07. The van der Waals surface area contributed by atoms with E-state index in [1.807, 2.05) is 20.8 Å². The smallest absolute Gasteiger partial charge is 0.407 e. The van der Waals surface area contributed by atoms with E-state index in [1.165, 1.54) is 0 Å². The molecule has 0 aliphatic carbocycles. The Hall–Kier alpha value is -1.07. The van der Waals surface area contributed by atoms with Crippen LogP contribution in [-0.4, -0.2) is 30.1 Å². The number of benzene rings is 1. The average Bonchev–Trinajstić information content (AvgIpc) is 2.33.